The van der Waals surface area contributed by atoms with E-state index >= 15 is 0 Å². The van der Waals surface area contributed by atoms with Crippen molar-refractivity contribution < 1.29 is 53.8 Å². The summed E-state index contributed by atoms with van der Waals surface area (Å²) in [5.41, 5.74) is 6.22. The number of halogens is 2. The Bertz CT molecular complexity index is 1340. The van der Waals surface area contributed by atoms with Crippen molar-refractivity contribution in [1.29, 1.82) is 0 Å². The Balaban J connectivity index is 0.000000588. The van der Waals surface area contributed by atoms with Gasteiger partial charge in [-0.05, 0) is 63.0 Å². The van der Waals surface area contributed by atoms with Crippen LogP contribution in [0, 0.1) is 0 Å². The minimum absolute atomic E-state index is 0. The Labute approximate surface area is 302 Å². The summed E-state index contributed by atoms with van der Waals surface area (Å²) in [4.78, 5) is 3.97. The standard InChI is InChI=1S/C31H32O2P2.C6H8N2.2ClH.Ru/c1-31(2)32-29(23-34(25-15-7-3-8-16-25)26-17-9-4-10-18-26)30(33-31)24-35(27-19-11-5-12-20-27)28-21-13-6-14-22-28;7-5-6-3-1-2-4-8-6;;;/h3-22,29-30H,23-24H2,1-2H3;1-4H,5,7H2;2*1H;/q;;;;+2/p-2/t29-,30-;;;;/m0..../s1. The number of nitrogens with zero attached hydrogens (tertiary/aromatic N) is 1. The molecule has 0 radical (unpaired) electrons. The van der Waals surface area contributed by atoms with Gasteiger partial charge in [-0.15, -0.1) is 0 Å². The molecule has 1 fully saturated rings. The monoisotopic (exact) mass is 778 g/mol. The summed E-state index contributed by atoms with van der Waals surface area (Å²) in [6.07, 6.45) is 3.71. The maximum Gasteiger partial charge on any atom is 2.00 e. The van der Waals surface area contributed by atoms with Crippen molar-refractivity contribution in [2.24, 2.45) is 5.73 Å². The molecular formula is C37H40Cl2N2O2P2Ru. The average molecular weight is 779 g/mol. The van der Waals surface area contributed by atoms with Crippen LogP contribution in [-0.2, 0) is 35.5 Å². The van der Waals surface area contributed by atoms with Gasteiger partial charge >= 0.3 is 19.5 Å². The molecule has 2 atom stereocenters. The predicted octanol–water partition coefficient (Wildman–Crippen LogP) is 0.318. The second kappa shape index (κ2) is 20.4. The number of hydrogen-bond donors (Lipinski definition) is 1. The normalized spacial score (nSPS) is 16.3. The van der Waals surface area contributed by atoms with Crippen LogP contribution in [0.3, 0.4) is 0 Å². The molecule has 5 aromatic rings. The summed E-state index contributed by atoms with van der Waals surface area (Å²) in [5.74, 6) is -0.585. The molecule has 4 nitrogen and oxygen atoms in total. The molecule has 46 heavy (non-hydrogen) atoms. The maximum atomic E-state index is 6.61. The largest absolute Gasteiger partial charge is 2.00 e. The second-order valence-electron chi connectivity index (χ2n) is 10.8. The molecule has 0 unspecified atom stereocenters. The first kappa shape index (κ1) is 40.1. The van der Waals surface area contributed by atoms with E-state index in [0.717, 1.165) is 18.0 Å². The Morgan fingerprint density at radius 2 is 0.891 bits per heavy atom. The Morgan fingerprint density at radius 3 is 1.15 bits per heavy atom. The molecule has 1 aliphatic heterocycles. The van der Waals surface area contributed by atoms with E-state index in [1.807, 2.05) is 18.2 Å². The third-order valence-corrected chi connectivity index (χ3v) is 12.4. The van der Waals surface area contributed by atoms with Crippen molar-refractivity contribution in [3.8, 4) is 0 Å². The minimum Gasteiger partial charge on any atom is -1.00 e. The molecular weight excluding hydrogens is 738 g/mol. The Morgan fingerprint density at radius 1 is 0.565 bits per heavy atom. The zero-order chi connectivity index (χ0) is 29.9. The van der Waals surface area contributed by atoms with E-state index in [0.29, 0.717) is 6.54 Å². The molecule has 0 spiro atoms. The van der Waals surface area contributed by atoms with E-state index in [2.05, 4.69) is 140 Å². The molecule has 242 valence electrons. The molecule has 1 aromatic heterocycles. The van der Waals surface area contributed by atoms with Crippen molar-refractivity contribution in [1.82, 2.24) is 4.98 Å². The first-order valence-electron chi connectivity index (χ1n) is 14.7. The molecule has 4 aromatic carbocycles. The Kier molecular flexibility index (Phi) is 17.8. The van der Waals surface area contributed by atoms with Gasteiger partial charge in [0.25, 0.3) is 0 Å². The molecule has 0 aliphatic carbocycles. The fourth-order valence-corrected chi connectivity index (χ4v) is 10.2. The van der Waals surface area contributed by atoms with E-state index < -0.39 is 21.6 Å². The van der Waals surface area contributed by atoms with Gasteiger partial charge in [-0.2, -0.15) is 0 Å². The van der Waals surface area contributed by atoms with Crippen LogP contribution in [0.2, 0.25) is 0 Å². The van der Waals surface area contributed by atoms with Crippen LogP contribution in [0.15, 0.2) is 146 Å². The van der Waals surface area contributed by atoms with Crippen LogP contribution >= 0.6 is 15.8 Å². The van der Waals surface area contributed by atoms with Crippen LogP contribution in [0.25, 0.3) is 0 Å². The number of pyridine rings is 1. The molecule has 2 heterocycles. The molecule has 6 rings (SSSR count). The van der Waals surface area contributed by atoms with Crippen molar-refractivity contribution in [2.75, 3.05) is 12.3 Å². The van der Waals surface area contributed by atoms with Gasteiger partial charge in [0.1, 0.15) is 0 Å². The van der Waals surface area contributed by atoms with Crippen LogP contribution < -0.4 is 51.8 Å². The molecule has 0 bridgehead atoms. The van der Waals surface area contributed by atoms with Gasteiger partial charge in [-0.3, -0.25) is 4.98 Å². The molecule has 1 saturated heterocycles. The third-order valence-electron chi connectivity index (χ3n) is 7.22. The smallest absolute Gasteiger partial charge is 1.00 e. The maximum absolute atomic E-state index is 6.61. The summed E-state index contributed by atoms with van der Waals surface area (Å²) < 4.78 is 13.2. The van der Waals surface area contributed by atoms with E-state index in [9.17, 15) is 0 Å². The van der Waals surface area contributed by atoms with E-state index in [4.69, 9.17) is 15.2 Å². The van der Waals surface area contributed by atoms with Gasteiger partial charge in [0, 0.05) is 25.1 Å². The summed E-state index contributed by atoms with van der Waals surface area (Å²) in [6.45, 7) is 4.64. The number of nitrogens with two attached hydrogens (primary N) is 1. The van der Waals surface area contributed by atoms with Crippen LogP contribution in [-0.4, -0.2) is 35.3 Å². The van der Waals surface area contributed by atoms with Crippen molar-refractivity contribution in [3.05, 3.63) is 151 Å². The van der Waals surface area contributed by atoms with Crippen molar-refractivity contribution in [2.45, 2.75) is 38.4 Å². The summed E-state index contributed by atoms with van der Waals surface area (Å²) >= 11 is 0. The topological polar surface area (TPSA) is 57.4 Å². The zero-order valence-electron chi connectivity index (χ0n) is 26.0. The van der Waals surface area contributed by atoms with Gasteiger partial charge in [0.05, 0.1) is 17.9 Å². The minimum atomic E-state index is -0.585. The number of aromatic nitrogens is 1. The van der Waals surface area contributed by atoms with E-state index in [-0.39, 0.29) is 56.5 Å². The quantitative estimate of drug-likeness (QED) is 0.173. The third kappa shape index (κ3) is 11.6. The number of hydrogen-bond acceptors (Lipinski definition) is 4. The van der Waals surface area contributed by atoms with Crippen LogP contribution in [0.4, 0.5) is 0 Å². The summed E-state index contributed by atoms with van der Waals surface area (Å²) in [6, 6.07) is 49.3. The van der Waals surface area contributed by atoms with Gasteiger partial charge in [0.15, 0.2) is 5.79 Å². The van der Waals surface area contributed by atoms with Gasteiger partial charge in [-0.1, -0.05) is 127 Å². The van der Waals surface area contributed by atoms with Gasteiger partial charge in [0.2, 0.25) is 0 Å². The first-order valence-corrected chi connectivity index (χ1v) is 17.8. The van der Waals surface area contributed by atoms with E-state index in [1.165, 1.54) is 21.2 Å². The fraction of sp³-hybridized carbons (Fsp3) is 0.216. The average Bonchev–Trinajstić information content (AvgIpc) is 3.37. The van der Waals surface area contributed by atoms with Gasteiger partial charge in [-0.25, -0.2) is 0 Å². The number of ether oxygens (including phenoxy) is 2. The Hall–Kier alpha value is -2.03. The number of rotatable bonds is 9. The molecule has 0 amide bonds. The summed E-state index contributed by atoms with van der Waals surface area (Å²) in [5, 5.41) is 5.53. The number of benzene rings is 4. The van der Waals surface area contributed by atoms with Crippen molar-refractivity contribution in [3.63, 3.8) is 0 Å². The fourth-order valence-electron chi connectivity index (χ4n) is 5.25. The molecule has 1 aliphatic rings. The van der Waals surface area contributed by atoms with Crippen LogP contribution in [0.5, 0.6) is 0 Å². The summed E-state index contributed by atoms with van der Waals surface area (Å²) in [7, 11) is -1.12. The SMILES string of the molecule is CC1(C)O[C@@H](CP(c2ccccc2)c2ccccc2)[C@H](CP(c2ccccc2)c2ccccc2)O1.NCc1ccccn1.[Cl-].[Cl-].[Ru+2]. The zero-order valence-corrected chi connectivity index (χ0v) is 31.0. The van der Waals surface area contributed by atoms with E-state index in [1.54, 1.807) is 6.20 Å². The van der Waals surface area contributed by atoms with Crippen molar-refractivity contribution >= 4 is 37.1 Å². The molecule has 2 N–H and O–H groups in total. The predicted molar refractivity (Wildman–Crippen MR) is 184 cm³/mol. The van der Waals surface area contributed by atoms with Crippen LogP contribution in [0.1, 0.15) is 19.5 Å². The first-order chi connectivity index (χ1) is 21.0. The molecule has 9 heteroatoms. The second-order valence-corrected chi connectivity index (χ2v) is 15.3. The molecule has 0 saturated carbocycles. The van der Waals surface area contributed by atoms with Gasteiger partial charge < -0.3 is 40.0 Å².